The first-order chi connectivity index (χ1) is 20.6. The third-order valence-corrected chi connectivity index (χ3v) is 10.1. The molecule has 1 aliphatic carbocycles. The Morgan fingerprint density at radius 1 is 1.02 bits per heavy atom. The molecule has 7 nitrogen and oxygen atoms in total. The van der Waals surface area contributed by atoms with E-state index in [0.717, 1.165) is 38.8 Å². The number of nitrogens with zero attached hydrogens (tertiary/aromatic N) is 3. The van der Waals surface area contributed by atoms with Gasteiger partial charge in [0.15, 0.2) is 23.5 Å². The fraction of sp³-hybridized carbons (Fsp3) is 0.657. The maximum atomic E-state index is 15.4. The van der Waals surface area contributed by atoms with Gasteiger partial charge in [0.25, 0.3) is 0 Å². The van der Waals surface area contributed by atoms with Crippen LogP contribution in [0.2, 0.25) is 0 Å². The molecule has 2 aromatic rings. The molecule has 1 aromatic carbocycles. The molecule has 0 radical (unpaired) electrons. The lowest BCUT2D eigenvalue weighted by Gasteiger charge is -2.48. The summed E-state index contributed by atoms with van der Waals surface area (Å²) in [5.41, 5.74) is 3.06. The van der Waals surface area contributed by atoms with Gasteiger partial charge in [-0.2, -0.15) is 0 Å². The Morgan fingerprint density at radius 3 is 2.09 bits per heavy atom. The molecule has 1 atom stereocenters. The number of carboxylic acid groups (broad SMARTS) is 1. The highest BCUT2D eigenvalue weighted by Gasteiger charge is 2.41. The van der Waals surface area contributed by atoms with E-state index in [9.17, 15) is 9.90 Å². The third-order valence-electron chi connectivity index (χ3n) is 10.1. The Morgan fingerprint density at radius 2 is 1.61 bits per heavy atom. The summed E-state index contributed by atoms with van der Waals surface area (Å²) in [5, 5.41) is 10.5. The van der Waals surface area contributed by atoms with Crippen molar-refractivity contribution in [2.24, 2.45) is 10.8 Å². The molecule has 5 rings (SSSR count). The minimum Gasteiger partial charge on any atom is -0.491 e. The number of carboxylic acids is 1. The molecule has 1 spiro atoms. The van der Waals surface area contributed by atoms with Crippen LogP contribution in [0.25, 0.3) is 11.1 Å². The fourth-order valence-electron chi connectivity index (χ4n) is 7.22. The molecule has 2 aliphatic heterocycles. The average Bonchev–Trinajstić information content (AvgIpc) is 2.90. The molecular formula is C35H49F2N3O4. The van der Waals surface area contributed by atoms with Gasteiger partial charge in [-0.1, -0.05) is 20.3 Å². The molecule has 9 heteroatoms. The number of ether oxygens (including phenoxy) is 2. The van der Waals surface area contributed by atoms with Gasteiger partial charge in [0.2, 0.25) is 0 Å². The largest absolute Gasteiger partial charge is 0.491 e. The van der Waals surface area contributed by atoms with Crippen LogP contribution in [0.15, 0.2) is 12.1 Å². The molecule has 1 saturated carbocycles. The number of aryl methyl sites for hydroxylation is 1. The molecule has 0 amide bonds. The average molecular weight is 614 g/mol. The first kappa shape index (κ1) is 32.6. The molecule has 44 heavy (non-hydrogen) atoms. The number of carbonyl (C=O) groups is 1. The highest BCUT2D eigenvalue weighted by molar-refractivity contribution is 5.88. The van der Waals surface area contributed by atoms with Gasteiger partial charge in [-0.25, -0.2) is 13.6 Å². The van der Waals surface area contributed by atoms with Crippen LogP contribution in [-0.2, 0) is 16.1 Å². The number of methoxy groups -OCH3 is 1. The number of aliphatic carboxylic acids is 1. The monoisotopic (exact) mass is 613 g/mol. The first-order valence-electron chi connectivity index (χ1n) is 16.1. The van der Waals surface area contributed by atoms with Crippen LogP contribution in [0.3, 0.4) is 0 Å². The van der Waals surface area contributed by atoms with E-state index < -0.39 is 35.1 Å². The molecule has 1 aromatic heterocycles. The van der Waals surface area contributed by atoms with Crippen molar-refractivity contribution < 1.29 is 28.2 Å². The maximum Gasteiger partial charge on any atom is 0.337 e. The molecule has 1 unspecified atom stereocenters. The van der Waals surface area contributed by atoms with Crippen molar-refractivity contribution in [2.45, 2.75) is 105 Å². The van der Waals surface area contributed by atoms with Crippen LogP contribution in [0, 0.1) is 29.4 Å². The zero-order valence-electron chi connectivity index (χ0n) is 27.5. The molecule has 3 aliphatic rings. The number of hydrogen-bond donors (Lipinski definition) is 1. The van der Waals surface area contributed by atoms with Crippen molar-refractivity contribution >= 4 is 11.7 Å². The summed E-state index contributed by atoms with van der Waals surface area (Å²) in [4.78, 5) is 22.5. The molecule has 0 bridgehead atoms. The van der Waals surface area contributed by atoms with Crippen molar-refractivity contribution in [1.29, 1.82) is 0 Å². The third kappa shape index (κ3) is 6.74. The Bertz CT molecular complexity index is 1360. The summed E-state index contributed by atoms with van der Waals surface area (Å²) in [5.74, 6) is -3.20. The molecule has 3 fully saturated rings. The molecular weight excluding hydrogens is 564 g/mol. The van der Waals surface area contributed by atoms with Gasteiger partial charge in [0.1, 0.15) is 0 Å². The minimum absolute atomic E-state index is 0.124. The van der Waals surface area contributed by atoms with Crippen LogP contribution in [0.1, 0.15) is 103 Å². The minimum atomic E-state index is -1.32. The number of anilines is 1. The Kier molecular flexibility index (Phi) is 9.04. The molecule has 2 saturated heterocycles. The number of hydrogen-bond acceptors (Lipinski definition) is 6. The summed E-state index contributed by atoms with van der Waals surface area (Å²) in [6.07, 6.45) is 6.63. The smallest absolute Gasteiger partial charge is 0.337 e. The summed E-state index contributed by atoms with van der Waals surface area (Å²) in [6.45, 7) is 15.5. The lowest BCUT2D eigenvalue weighted by atomic mass is 9.63. The molecule has 3 heterocycles. The lowest BCUT2D eigenvalue weighted by Crippen LogP contribution is -2.43. The van der Waals surface area contributed by atoms with Crippen LogP contribution >= 0.6 is 0 Å². The van der Waals surface area contributed by atoms with Crippen LogP contribution < -0.4 is 9.64 Å². The van der Waals surface area contributed by atoms with Crippen molar-refractivity contribution in [3.05, 3.63) is 40.7 Å². The highest BCUT2D eigenvalue weighted by Crippen LogP contribution is 2.50. The predicted molar refractivity (Wildman–Crippen MR) is 168 cm³/mol. The van der Waals surface area contributed by atoms with E-state index >= 15 is 8.78 Å². The van der Waals surface area contributed by atoms with Gasteiger partial charge in [0, 0.05) is 36.5 Å². The van der Waals surface area contributed by atoms with Crippen LogP contribution in [0.4, 0.5) is 14.5 Å². The zero-order valence-corrected chi connectivity index (χ0v) is 27.5. The van der Waals surface area contributed by atoms with E-state index in [1.807, 2.05) is 27.7 Å². The maximum absolute atomic E-state index is 15.4. The second-order valence-corrected chi connectivity index (χ2v) is 15.0. The van der Waals surface area contributed by atoms with E-state index in [-0.39, 0.29) is 5.41 Å². The van der Waals surface area contributed by atoms with Gasteiger partial charge in [-0.05, 0) is 108 Å². The van der Waals surface area contributed by atoms with Gasteiger partial charge < -0.3 is 19.5 Å². The summed E-state index contributed by atoms with van der Waals surface area (Å²) < 4.78 is 41.9. The summed E-state index contributed by atoms with van der Waals surface area (Å²) >= 11 is 0. The SMILES string of the molecule is COc1c(F)cc(-c2c(CN3CCC4(CCC4)CC3)nc(C)c(C(OC(C)(C)C)C(=O)O)c2N2CCC(C)(C)CC2)cc1F. The quantitative estimate of drug-likeness (QED) is 0.327. The van der Waals surface area contributed by atoms with Crippen molar-refractivity contribution in [2.75, 3.05) is 38.2 Å². The van der Waals surface area contributed by atoms with Gasteiger partial charge in [0.05, 0.1) is 24.1 Å². The summed E-state index contributed by atoms with van der Waals surface area (Å²) in [6, 6.07) is 2.58. The highest BCUT2D eigenvalue weighted by atomic mass is 19.1. The normalized spacial score (nSPS) is 20.8. The van der Waals surface area contributed by atoms with Gasteiger partial charge >= 0.3 is 5.97 Å². The fourth-order valence-corrected chi connectivity index (χ4v) is 7.22. The number of aromatic nitrogens is 1. The summed E-state index contributed by atoms with van der Waals surface area (Å²) in [7, 11) is 1.24. The number of likely N-dealkylation sites (tertiary alicyclic amines) is 1. The predicted octanol–water partition coefficient (Wildman–Crippen LogP) is 7.68. The van der Waals surface area contributed by atoms with Crippen molar-refractivity contribution in [3.8, 4) is 16.9 Å². The molecule has 1 N–H and O–H groups in total. The lowest BCUT2D eigenvalue weighted by molar-refractivity contribution is -0.160. The first-order valence-corrected chi connectivity index (χ1v) is 16.1. The van der Waals surface area contributed by atoms with Crippen molar-refractivity contribution in [3.63, 3.8) is 0 Å². The van der Waals surface area contributed by atoms with Gasteiger partial charge in [-0.15, -0.1) is 0 Å². The molecule has 242 valence electrons. The van der Waals surface area contributed by atoms with Crippen LogP contribution in [-0.4, -0.2) is 59.8 Å². The van der Waals surface area contributed by atoms with Gasteiger partial charge in [-0.3, -0.25) is 9.88 Å². The topological polar surface area (TPSA) is 75.1 Å². The van der Waals surface area contributed by atoms with E-state index in [4.69, 9.17) is 14.5 Å². The Balaban J connectivity index is 1.72. The zero-order chi connectivity index (χ0) is 32.0. The number of piperidine rings is 2. The number of benzene rings is 1. The Hall–Kier alpha value is -2.78. The second kappa shape index (κ2) is 12.2. The standard InChI is InChI=1S/C35H49F2N3O4/c1-22-27(31(32(41)42)44-33(2,3)4)29(40-17-11-34(5,6)12-18-40)28(23-19-24(36)30(43-7)25(37)20-23)26(38-22)21-39-15-13-35(14-16-39)9-8-10-35/h19-20,31H,8-18,21H2,1-7H3,(H,41,42). The number of pyridine rings is 1. The second-order valence-electron chi connectivity index (χ2n) is 15.0. The van der Waals surface area contributed by atoms with E-state index in [2.05, 4.69) is 23.6 Å². The Labute approximate surface area is 260 Å². The van der Waals surface area contributed by atoms with E-state index in [1.54, 1.807) is 0 Å². The van der Waals surface area contributed by atoms with E-state index in [1.165, 1.54) is 38.5 Å². The van der Waals surface area contributed by atoms with E-state index in [0.29, 0.717) is 58.8 Å². The number of rotatable bonds is 8. The van der Waals surface area contributed by atoms with Crippen LogP contribution in [0.5, 0.6) is 5.75 Å². The van der Waals surface area contributed by atoms with Crippen molar-refractivity contribution in [1.82, 2.24) is 9.88 Å². The number of halogens is 2.